The van der Waals surface area contributed by atoms with Gasteiger partial charge in [-0.05, 0) is 25.3 Å². The summed E-state index contributed by atoms with van der Waals surface area (Å²) >= 11 is 11.8. The second-order valence-corrected chi connectivity index (χ2v) is 5.27. The van der Waals surface area contributed by atoms with Gasteiger partial charge in [0.1, 0.15) is 11.0 Å². The molecule has 3 heterocycles. The van der Waals surface area contributed by atoms with E-state index in [1.807, 2.05) is 0 Å². The number of nitrogens with one attached hydrogen (secondary N) is 1. The molecule has 1 aliphatic rings. The standard InChI is InChI=1S/C12H13Cl2N3O/c13-8-6-9-12(17-11(8)14)16-10(15-9)5-7-3-1-2-4-18-7/h6-7H,1-5H2,(H,15,16,17). The molecule has 96 valence electrons. The first-order valence-corrected chi connectivity index (χ1v) is 6.80. The highest BCUT2D eigenvalue weighted by Crippen LogP contribution is 2.24. The number of fused-ring (bicyclic) bond motifs is 1. The molecular weight excluding hydrogens is 273 g/mol. The van der Waals surface area contributed by atoms with Gasteiger partial charge in [-0.2, -0.15) is 0 Å². The molecule has 0 radical (unpaired) electrons. The lowest BCUT2D eigenvalue weighted by atomic mass is 10.1. The summed E-state index contributed by atoms with van der Waals surface area (Å²) in [6, 6.07) is 1.75. The van der Waals surface area contributed by atoms with Gasteiger partial charge in [-0.1, -0.05) is 23.2 Å². The summed E-state index contributed by atoms with van der Waals surface area (Å²) in [5.74, 6) is 0.878. The van der Waals surface area contributed by atoms with Crippen LogP contribution in [0.4, 0.5) is 0 Å². The third-order valence-corrected chi connectivity index (χ3v) is 3.80. The van der Waals surface area contributed by atoms with Crippen LogP contribution >= 0.6 is 23.2 Å². The molecule has 1 atom stereocenters. The number of pyridine rings is 1. The summed E-state index contributed by atoms with van der Waals surface area (Å²) in [7, 11) is 0. The summed E-state index contributed by atoms with van der Waals surface area (Å²) in [6.07, 6.45) is 4.51. The molecule has 2 aromatic heterocycles. The Kier molecular flexibility index (Phi) is 3.41. The molecule has 1 fully saturated rings. The summed E-state index contributed by atoms with van der Waals surface area (Å²) in [5, 5.41) is 0.726. The highest BCUT2D eigenvalue weighted by atomic mass is 35.5. The number of aromatic nitrogens is 3. The van der Waals surface area contributed by atoms with Crippen molar-refractivity contribution in [1.82, 2.24) is 15.0 Å². The fourth-order valence-corrected chi connectivity index (χ4v) is 2.51. The van der Waals surface area contributed by atoms with Gasteiger partial charge < -0.3 is 9.72 Å². The van der Waals surface area contributed by atoms with E-state index in [1.54, 1.807) is 6.07 Å². The summed E-state index contributed by atoms with van der Waals surface area (Å²) in [6.45, 7) is 0.848. The van der Waals surface area contributed by atoms with E-state index in [1.165, 1.54) is 6.42 Å². The van der Waals surface area contributed by atoms with Crippen LogP contribution in [0.3, 0.4) is 0 Å². The first-order valence-electron chi connectivity index (χ1n) is 6.04. The van der Waals surface area contributed by atoms with Crippen LogP contribution in [0, 0.1) is 0 Å². The molecule has 0 aliphatic carbocycles. The van der Waals surface area contributed by atoms with Crippen LogP contribution in [0.15, 0.2) is 6.07 Å². The maximum absolute atomic E-state index is 5.92. The summed E-state index contributed by atoms with van der Waals surface area (Å²) in [4.78, 5) is 11.8. The van der Waals surface area contributed by atoms with Crippen molar-refractivity contribution in [3.05, 3.63) is 22.1 Å². The minimum atomic E-state index is 0.255. The van der Waals surface area contributed by atoms with Gasteiger partial charge in [0.15, 0.2) is 5.65 Å². The number of nitrogens with zero attached hydrogens (tertiary/aromatic N) is 2. The van der Waals surface area contributed by atoms with Crippen molar-refractivity contribution in [3.63, 3.8) is 0 Å². The largest absolute Gasteiger partial charge is 0.378 e. The second kappa shape index (κ2) is 5.03. The minimum Gasteiger partial charge on any atom is -0.378 e. The lowest BCUT2D eigenvalue weighted by molar-refractivity contribution is 0.0158. The number of H-pyrrole nitrogens is 1. The van der Waals surface area contributed by atoms with Crippen molar-refractivity contribution in [1.29, 1.82) is 0 Å². The molecule has 4 nitrogen and oxygen atoms in total. The molecule has 2 aromatic rings. The Labute approximate surface area is 115 Å². The summed E-state index contributed by atoms with van der Waals surface area (Å²) in [5.41, 5.74) is 1.42. The predicted octanol–water partition coefficient (Wildman–Crippen LogP) is 3.38. The maximum Gasteiger partial charge on any atom is 0.179 e. The first-order chi connectivity index (χ1) is 8.72. The van der Waals surface area contributed by atoms with Crippen molar-refractivity contribution >= 4 is 34.4 Å². The van der Waals surface area contributed by atoms with Crippen molar-refractivity contribution in [2.24, 2.45) is 0 Å². The molecule has 1 unspecified atom stereocenters. The van der Waals surface area contributed by atoms with Crippen molar-refractivity contribution in [2.75, 3.05) is 6.61 Å². The van der Waals surface area contributed by atoms with Crippen LogP contribution in [0.25, 0.3) is 11.2 Å². The third-order valence-electron chi connectivity index (χ3n) is 3.13. The molecule has 0 aromatic carbocycles. The van der Waals surface area contributed by atoms with Crippen LogP contribution in [0.5, 0.6) is 0 Å². The third kappa shape index (κ3) is 2.46. The minimum absolute atomic E-state index is 0.255. The highest BCUT2D eigenvalue weighted by molar-refractivity contribution is 6.41. The molecule has 0 amide bonds. The molecule has 1 saturated heterocycles. The summed E-state index contributed by atoms with van der Waals surface area (Å²) < 4.78 is 5.69. The lowest BCUT2D eigenvalue weighted by Gasteiger charge is -2.21. The fourth-order valence-electron chi connectivity index (χ4n) is 2.23. The number of hydrogen-bond donors (Lipinski definition) is 1. The SMILES string of the molecule is Clc1cc2[nH]c(CC3CCCCO3)nc2nc1Cl. The Hall–Kier alpha value is -0.840. The van der Waals surface area contributed by atoms with E-state index in [0.717, 1.165) is 37.2 Å². The van der Waals surface area contributed by atoms with Gasteiger partial charge in [0.05, 0.1) is 16.6 Å². The van der Waals surface area contributed by atoms with Crippen LogP contribution in [-0.4, -0.2) is 27.7 Å². The van der Waals surface area contributed by atoms with Crippen LogP contribution < -0.4 is 0 Å². The molecule has 6 heteroatoms. The molecule has 0 bridgehead atoms. The zero-order valence-corrected chi connectivity index (χ0v) is 11.3. The van der Waals surface area contributed by atoms with Gasteiger partial charge in [0.2, 0.25) is 0 Å². The zero-order chi connectivity index (χ0) is 12.5. The second-order valence-electron chi connectivity index (χ2n) is 4.51. The number of aromatic amines is 1. The molecule has 3 rings (SSSR count). The predicted molar refractivity (Wildman–Crippen MR) is 71.2 cm³/mol. The quantitative estimate of drug-likeness (QED) is 0.861. The Morgan fingerprint density at radius 3 is 3.00 bits per heavy atom. The topological polar surface area (TPSA) is 50.8 Å². The Morgan fingerprint density at radius 1 is 1.33 bits per heavy atom. The Bertz CT molecular complexity index is 525. The van der Waals surface area contributed by atoms with E-state index in [9.17, 15) is 0 Å². The number of hydrogen-bond acceptors (Lipinski definition) is 3. The Balaban J connectivity index is 1.84. The van der Waals surface area contributed by atoms with Crippen LogP contribution in [0.1, 0.15) is 25.1 Å². The van der Waals surface area contributed by atoms with E-state index in [2.05, 4.69) is 15.0 Å². The molecule has 0 saturated carbocycles. The smallest absolute Gasteiger partial charge is 0.179 e. The van der Waals surface area contributed by atoms with Gasteiger partial charge >= 0.3 is 0 Å². The van der Waals surface area contributed by atoms with Crippen molar-refractivity contribution < 1.29 is 4.74 Å². The van der Waals surface area contributed by atoms with E-state index in [0.29, 0.717) is 10.7 Å². The number of imidazole rings is 1. The van der Waals surface area contributed by atoms with Crippen LogP contribution in [-0.2, 0) is 11.2 Å². The van der Waals surface area contributed by atoms with Gasteiger partial charge in [-0.15, -0.1) is 0 Å². The van der Waals surface area contributed by atoms with E-state index >= 15 is 0 Å². The van der Waals surface area contributed by atoms with Crippen LogP contribution in [0.2, 0.25) is 10.2 Å². The Morgan fingerprint density at radius 2 is 2.22 bits per heavy atom. The van der Waals surface area contributed by atoms with Gasteiger partial charge in [-0.25, -0.2) is 9.97 Å². The average Bonchev–Trinajstić information content (AvgIpc) is 2.72. The van der Waals surface area contributed by atoms with E-state index < -0.39 is 0 Å². The lowest BCUT2D eigenvalue weighted by Crippen LogP contribution is -2.21. The molecular formula is C12H13Cl2N3O. The fraction of sp³-hybridized carbons (Fsp3) is 0.500. The number of halogens is 2. The normalized spacial score (nSPS) is 20.4. The number of ether oxygens (including phenoxy) is 1. The van der Waals surface area contributed by atoms with Crippen molar-refractivity contribution in [2.45, 2.75) is 31.8 Å². The van der Waals surface area contributed by atoms with E-state index in [4.69, 9.17) is 27.9 Å². The van der Waals surface area contributed by atoms with Gasteiger partial charge in [0.25, 0.3) is 0 Å². The number of rotatable bonds is 2. The molecule has 1 N–H and O–H groups in total. The van der Waals surface area contributed by atoms with Crippen molar-refractivity contribution in [3.8, 4) is 0 Å². The van der Waals surface area contributed by atoms with E-state index in [-0.39, 0.29) is 11.3 Å². The molecule has 0 spiro atoms. The molecule has 1 aliphatic heterocycles. The first kappa shape index (κ1) is 12.2. The zero-order valence-electron chi connectivity index (χ0n) is 9.75. The van der Waals surface area contributed by atoms with Gasteiger partial charge in [0, 0.05) is 13.0 Å². The monoisotopic (exact) mass is 285 g/mol. The molecule has 18 heavy (non-hydrogen) atoms. The maximum atomic E-state index is 5.92. The van der Waals surface area contributed by atoms with Gasteiger partial charge in [-0.3, -0.25) is 0 Å². The highest BCUT2D eigenvalue weighted by Gasteiger charge is 2.17. The average molecular weight is 286 g/mol.